The maximum Gasteiger partial charge on any atom is 0.231 e. The molecule has 1 aliphatic heterocycles. The van der Waals surface area contributed by atoms with Crippen LogP contribution in [-0.2, 0) is 4.79 Å². The van der Waals surface area contributed by atoms with Crippen molar-refractivity contribution in [3.05, 3.63) is 47.1 Å². The van der Waals surface area contributed by atoms with E-state index in [1.165, 1.54) is 0 Å². The Hall–Kier alpha value is -2.27. The number of aromatic nitrogens is 1. The molecule has 124 valence electrons. The van der Waals surface area contributed by atoms with Crippen LogP contribution in [-0.4, -0.2) is 31.2 Å². The van der Waals surface area contributed by atoms with E-state index >= 15 is 0 Å². The van der Waals surface area contributed by atoms with Gasteiger partial charge in [-0.1, -0.05) is 17.7 Å². The Bertz CT molecular complexity index is 778. The lowest BCUT2D eigenvalue weighted by Gasteiger charge is -2.19. The molecule has 24 heavy (non-hydrogen) atoms. The summed E-state index contributed by atoms with van der Waals surface area (Å²) in [6, 6.07) is 9.42. The van der Waals surface area contributed by atoms with Crippen LogP contribution >= 0.6 is 11.6 Å². The lowest BCUT2D eigenvalue weighted by atomic mass is 10.1. The molecule has 2 aromatic rings. The predicted molar refractivity (Wildman–Crippen MR) is 90.9 cm³/mol. The van der Waals surface area contributed by atoms with E-state index in [1.54, 1.807) is 30.3 Å². The molecule has 1 amide bonds. The maximum atomic E-state index is 12.7. The SMILES string of the molecule is CN(C(=O)C1CC1c1ccc2c(c1)OCCO2)c1ccc(Cl)cn1. The number of anilines is 1. The zero-order valence-corrected chi connectivity index (χ0v) is 14.0. The van der Waals surface area contributed by atoms with Gasteiger partial charge in [0.2, 0.25) is 5.91 Å². The number of nitrogens with zero attached hydrogens (tertiary/aromatic N) is 2. The van der Waals surface area contributed by atoms with Crippen LogP contribution in [0.25, 0.3) is 0 Å². The molecule has 2 atom stereocenters. The van der Waals surface area contributed by atoms with E-state index in [1.807, 2.05) is 18.2 Å². The smallest absolute Gasteiger partial charge is 0.231 e. The number of fused-ring (bicyclic) bond motifs is 1. The largest absolute Gasteiger partial charge is 0.486 e. The molecule has 0 saturated heterocycles. The van der Waals surface area contributed by atoms with Gasteiger partial charge in [0.1, 0.15) is 19.0 Å². The molecule has 0 spiro atoms. The Morgan fingerprint density at radius 3 is 2.75 bits per heavy atom. The van der Waals surface area contributed by atoms with Crippen LogP contribution in [0.4, 0.5) is 5.82 Å². The monoisotopic (exact) mass is 344 g/mol. The first-order valence-corrected chi connectivity index (χ1v) is 8.30. The summed E-state index contributed by atoms with van der Waals surface area (Å²) in [6.45, 7) is 1.14. The summed E-state index contributed by atoms with van der Waals surface area (Å²) in [7, 11) is 1.75. The molecule has 2 unspecified atom stereocenters. The van der Waals surface area contributed by atoms with Crippen molar-refractivity contribution in [2.75, 3.05) is 25.2 Å². The van der Waals surface area contributed by atoms with Crippen LogP contribution in [0.5, 0.6) is 11.5 Å². The molecular weight excluding hydrogens is 328 g/mol. The highest BCUT2D eigenvalue weighted by Gasteiger charge is 2.45. The molecule has 0 N–H and O–H groups in total. The summed E-state index contributed by atoms with van der Waals surface area (Å²) in [4.78, 5) is 18.5. The van der Waals surface area contributed by atoms with Crippen LogP contribution < -0.4 is 14.4 Å². The highest BCUT2D eigenvalue weighted by atomic mass is 35.5. The first-order valence-electron chi connectivity index (χ1n) is 7.92. The summed E-state index contributed by atoms with van der Waals surface area (Å²) in [5.41, 5.74) is 1.12. The maximum absolute atomic E-state index is 12.7. The van der Waals surface area contributed by atoms with Crippen molar-refractivity contribution >= 4 is 23.3 Å². The number of hydrogen-bond donors (Lipinski definition) is 0. The molecule has 1 saturated carbocycles. The van der Waals surface area contributed by atoms with Gasteiger partial charge in [0.05, 0.1) is 5.02 Å². The van der Waals surface area contributed by atoms with Gasteiger partial charge < -0.3 is 9.47 Å². The van der Waals surface area contributed by atoms with Crippen LogP contribution in [0.15, 0.2) is 36.5 Å². The van der Waals surface area contributed by atoms with Gasteiger partial charge in [-0.25, -0.2) is 4.98 Å². The highest BCUT2D eigenvalue weighted by molar-refractivity contribution is 6.30. The molecule has 0 bridgehead atoms. The van der Waals surface area contributed by atoms with Crippen molar-refractivity contribution in [1.29, 1.82) is 0 Å². The number of carbonyl (C=O) groups excluding carboxylic acids is 1. The second-order valence-electron chi connectivity index (χ2n) is 6.08. The molecular formula is C18H17ClN2O3. The van der Waals surface area contributed by atoms with Gasteiger partial charge in [0.25, 0.3) is 0 Å². The van der Waals surface area contributed by atoms with Gasteiger partial charge in [-0.05, 0) is 42.2 Å². The third kappa shape index (κ3) is 2.80. The van der Waals surface area contributed by atoms with Gasteiger partial charge in [-0.15, -0.1) is 0 Å². The van der Waals surface area contributed by atoms with E-state index in [0.717, 1.165) is 23.5 Å². The van der Waals surface area contributed by atoms with Gasteiger partial charge in [-0.2, -0.15) is 0 Å². The van der Waals surface area contributed by atoms with E-state index in [2.05, 4.69) is 4.98 Å². The molecule has 2 heterocycles. The van der Waals surface area contributed by atoms with Gasteiger partial charge in [-0.3, -0.25) is 9.69 Å². The van der Waals surface area contributed by atoms with Crippen molar-refractivity contribution in [3.63, 3.8) is 0 Å². The van der Waals surface area contributed by atoms with Gasteiger partial charge in [0, 0.05) is 19.2 Å². The number of hydrogen-bond acceptors (Lipinski definition) is 4. The average Bonchev–Trinajstić information content (AvgIpc) is 3.41. The summed E-state index contributed by atoms with van der Waals surface area (Å²) in [6.07, 6.45) is 2.39. The Labute approximate surface area is 145 Å². The first kappa shape index (κ1) is 15.3. The molecule has 6 heteroatoms. The van der Waals surface area contributed by atoms with E-state index in [9.17, 15) is 4.79 Å². The number of amides is 1. The zero-order chi connectivity index (χ0) is 16.7. The lowest BCUT2D eigenvalue weighted by molar-refractivity contribution is -0.119. The van der Waals surface area contributed by atoms with Crippen LogP contribution in [0.1, 0.15) is 17.9 Å². The quantitative estimate of drug-likeness (QED) is 0.857. The Morgan fingerprint density at radius 1 is 1.21 bits per heavy atom. The summed E-state index contributed by atoms with van der Waals surface area (Å²) in [5.74, 6) is 2.43. The molecule has 4 rings (SSSR count). The van der Waals surface area contributed by atoms with Crippen LogP contribution in [0.3, 0.4) is 0 Å². The van der Waals surface area contributed by atoms with Crippen molar-refractivity contribution in [3.8, 4) is 11.5 Å². The molecule has 1 aromatic heterocycles. The fraction of sp³-hybridized carbons (Fsp3) is 0.333. The standard InChI is InChI=1S/C18H17ClN2O3/c1-21(17-5-3-12(19)10-20-17)18(22)14-9-13(14)11-2-4-15-16(8-11)24-7-6-23-15/h2-5,8,10,13-14H,6-7,9H2,1H3. The number of ether oxygens (including phenoxy) is 2. The van der Waals surface area contributed by atoms with E-state index in [0.29, 0.717) is 24.1 Å². The number of pyridine rings is 1. The first-order chi connectivity index (χ1) is 11.6. The summed E-state index contributed by atoms with van der Waals surface area (Å²) in [5, 5.41) is 0.556. The molecule has 1 fully saturated rings. The van der Waals surface area contributed by atoms with E-state index in [-0.39, 0.29) is 17.7 Å². The average molecular weight is 345 g/mol. The zero-order valence-electron chi connectivity index (χ0n) is 13.2. The van der Waals surface area contributed by atoms with Crippen molar-refractivity contribution in [2.45, 2.75) is 12.3 Å². The number of benzene rings is 1. The van der Waals surface area contributed by atoms with E-state index < -0.39 is 0 Å². The topological polar surface area (TPSA) is 51.7 Å². The van der Waals surface area contributed by atoms with Crippen molar-refractivity contribution < 1.29 is 14.3 Å². The third-order valence-corrected chi connectivity index (χ3v) is 4.71. The fourth-order valence-electron chi connectivity index (χ4n) is 3.05. The molecule has 1 aliphatic carbocycles. The molecule has 5 nitrogen and oxygen atoms in total. The minimum atomic E-state index is -0.0185. The second kappa shape index (κ2) is 5.98. The summed E-state index contributed by atoms with van der Waals surface area (Å²) < 4.78 is 11.2. The van der Waals surface area contributed by atoms with Gasteiger partial charge in [0.15, 0.2) is 11.5 Å². The minimum Gasteiger partial charge on any atom is -0.486 e. The third-order valence-electron chi connectivity index (χ3n) is 4.49. The van der Waals surface area contributed by atoms with Gasteiger partial charge >= 0.3 is 0 Å². The lowest BCUT2D eigenvalue weighted by Crippen LogP contribution is -2.28. The molecule has 2 aliphatic rings. The number of halogens is 1. The molecule has 0 radical (unpaired) electrons. The number of rotatable bonds is 3. The fourth-order valence-corrected chi connectivity index (χ4v) is 3.17. The van der Waals surface area contributed by atoms with Crippen LogP contribution in [0, 0.1) is 5.92 Å². The predicted octanol–water partition coefficient (Wildman–Crippen LogP) is 3.27. The minimum absolute atomic E-state index is 0.0185. The number of carbonyl (C=O) groups is 1. The summed E-state index contributed by atoms with van der Waals surface area (Å²) >= 11 is 5.84. The Balaban J connectivity index is 1.47. The van der Waals surface area contributed by atoms with Crippen molar-refractivity contribution in [1.82, 2.24) is 4.98 Å². The van der Waals surface area contributed by atoms with E-state index in [4.69, 9.17) is 21.1 Å². The highest BCUT2D eigenvalue weighted by Crippen LogP contribution is 2.50. The Kier molecular flexibility index (Phi) is 3.81. The molecule has 1 aromatic carbocycles. The van der Waals surface area contributed by atoms with Crippen LogP contribution in [0.2, 0.25) is 5.02 Å². The second-order valence-corrected chi connectivity index (χ2v) is 6.52. The Morgan fingerprint density at radius 2 is 2.00 bits per heavy atom. The van der Waals surface area contributed by atoms with Crippen molar-refractivity contribution in [2.24, 2.45) is 5.92 Å². The normalized spacial score (nSPS) is 21.2.